The number of likely N-dealkylation sites (N-methyl/N-ethyl adjacent to an activating group) is 1. The van der Waals surface area contributed by atoms with Crippen LogP contribution >= 0.6 is 0 Å². The van der Waals surface area contributed by atoms with E-state index in [2.05, 4.69) is 0 Å². The zero-order valence-electron chi connectivity index (χ0n) is 11.3. The van der Waals surface area contributed by atoms with Crippen LogP contribution < -0.4 is 4.90 Å². The molecule has 3 rings (SSSR count). The van der Waals surface area contributed by atoms with Crippen molar-refractivity contribution in [1.82, 2.24) is 0 Å². The monoisotopic (exact) mass is 280 g/mol. The summed E-state index contributed by atoms with van der Waals surface area (Å²) in [6.07, 6.45) is 1.76. The number of nitro groups is 1. The Morgan fingerprint density at radius 3 is 2.52 bits per heavy atom. The molecule has 0 spiro atoms. The van der Waals surface area contributed by atoms with Gasteiger partial charge in [-0.15, -0.1) is 0 Å². The molecule has 0 atom stereocenters. The molecule has 0 aromatic heterocycles. The molecular weight excluding hydrogens is 268 g/mol. The van der Waals surface area contributed by atoms with Gasteiger partial charge in [0.15, 0.2) is 0 Å². The van der Waals surface area contributed by atoms with Crippen LogP contribution in [-0.4, -0.2) is 17.9 Å². The molecule has 1 amide bonds. The van der Waals surface area contributed by atoms with Crippen molar-refractivity contribution in [2.75, 3.05) is 11.9 Å². The van der Waals surface area contributed by atoms with Crippen LogP contribution in [0.3, 0.4) is 0 Å². The number of amides is 1. The summed E-state index contributed by atoms with van der Waals surface area (Å²) in [7, 11) is 1.67. The summed E-state index contributed by atoms with van der Waals surface area (Å²) in [5.41, 5.74) is 2.63. The molecule has 1 aliphatic heterocycles. The lowest BCUT2D eigenvalue weighted by Gasteiger charge is -2.08. The number of fused-ring (bicyclic) bond motifs is 1. The Morgan fingerprint density at radius 2 is 1.86 bits per heavy atom. The van der Waals surface area contributed by atoms with E-state index in [1.807, 2.05) is 30.3 Å². The molecule has 0 aliphatic carbocycles. The lowest BCUT2D eigenvalue weighted by atomic mass is 10.0. The number of hydrogen-bond acceptors (Lipinski definition) is 3. The fraction of sp³-hybridized carbons (Fsp3) is 0.0625. The largest absolute Gasteiger partial charge is 0.311 e. The second-order valence-electron chi connectivity index (χ2n) is 4.79. The zero-order valence-corrected chi connectivity index (χ0v) is 11.3. The summed E-state index contributed by atoms with van der Waals surface area (Å²) < 4.78 is 0. The van der Waals surface area contributed by atoms with Gasteiger partial charge in [-0.3, -0.25) is 14.9 Å². The average Bonchev–Trinajstić information content (AvgIpc) is 2.73. The maximum atomic E-state index is 12.3. The highest BCUT2D eigenvalue weighted by atomic mass is 16.6. The smallest absolute Gasteiger partial charge is 0.270 e. The Balaban J connectivity index is 2.16. The summed E-state index contributed by atoms with van der Waals surface area (Å²) in [5.74, 6) is -0.158. The zero-order chi connectivity index (χ0) is 15.0. The second-order valence-corrected chi connectivity index (χ2v) is 4.79. The highest BCUT2D eigenvalue weighted by molar-refractivity contribution is 6.35. The summed E-state index contributed by atoms with van der Waals surface area (Å²) in [6, 6.07) is 13.9. The summed E-state index contributed by atoms with van der Waals surface area (Å²) >= 11 is 0. The van der Waals surface area contributed by atoms with Crippen molar-refractivity contribution in [1.29, 1.82) is 0 Å². The predicted octanol–water partition coefficient (Wildman–Crippen LogP) is 3.11. The first-order valence-corrected chi connectivity index (χ1v) is 6.41. The molecule has 0 N–H and O–H groups in total. The van der Waals surface area contributed by atoms with Crippen LogP contribution in [0, 0.1) is 10.1 Å². The van der Waals surface area contributed by atoms with E-state index in [9.17, 15) is 14.9 Å². The van der Waals surface area contributed by atoms with Crippen molar-refractivity contribution >= 4 is 28.9 Å². The third kappa shape index (κ3) is 2.18. The van der Waals surface area contributed by atoms with Crippen LogP contribution in [0.25, 0.3) is 11.6 Å². The molecule has 21 heavy (non-hydrogen) atoms. The van der Waals surface area contributed by atoms with Gasteiger partial charge >= 0.3 is 0 Å². The van der Waals surface area contributed by atoms with E-state index >= 15 is 0 Å². The molecule has 1 aliphatic rings. The van der Waals surface area contributed by atoms with Crippen LogP contribution in [0.1, 0.15) is 11.1 Å². The number of nitrogens with zero attached hydrogens (tertiary/aromatic N) is 2. The lowest BCUT2D eigenvalue weighted by molar-refractivity contribution is -0.384. The first-order chi connectivity index (χ1) is 10.1. The van der Waals surface area contributed by atoms with E-state index < -0.39 is 4.92 Å². The van der Waals surface area contributed by atoms with E-state index in [0.717, 1.165) is 5.56 Å². The third-order valence-electron chi connectivity index (χ3n) is 3.49. The van der Waals surface area contributed by atoms with Crippen molar-refractivity contribution < 1.29 is 9.72 Å². The molecule has 0 saturated carbocycles. The van der Waals surface area contributed by atoms with E-state index in [1.54, 1.807) is 19.2 Å². The molecule has 104 valence electrons. The minimum atomic E-state index is -0.455. The first kappa shape index (κ1) is 13.1. The molecule has 1 heterocycles. The molecule has 0 fully saturated rings. The van der Waals surface area contributed by atoms with Crippen molar-refractivity contribution in [3.05, 3.63) is 69.8 Å². The van der Waals surface area contributed by atoms with Gasteiger partial charge in [0.2, 0.25) is 0 Å². The van der Waals surface area contributed by atoms with Gasteiger partial charge < -0.3 is 4.90 Å². The van der Waals surface area contributed by atoms with Gasteiger partial charge in [0.1, 0.15) is 0 Å². The molecule has 2 aromatic carbocycles. The molecule has 0 unspecified atom stereocenters. The number of anilines is 1. The van der Waals surface area contributed by atoms with E-state index in [4.69, 9.17) is 0 Å². The summed E-state index contributed by atoms with van der Waals surface area (Å²) in [6.45, 7) is 0. The number of nitro benzene ring substituents is 1. The number of carbonyl (C=O) groups is 1. The quantitative estimate of drug-likeness (QED) is 0.482. The van der Waals surface area contributed by atoms with Gasteiger partial charge in [-0.2, -0.15) is 0 Å². The summed E-state index contributed by atoms with van der Waals surface area (Å²) in [5, 5.41) is 10.9. The average molecular weight is 280 g/mol. The van der Waals surface area contributed by atoms with E-state index in [0.29, 0.717) is 16.8 Å². The molecule has 0 saturated heterocycles. The van der Waals surface area contributed by atoms with Crippen LogP contribution in [0.15, 0.2) is 48.5 Å². The van der Waals surface area contributed by atoms with Crippen LogP contribution in [0.5, 0.6) is 0 Å². The van der Waals surface area contributed by atoms with Crippen molar-refractivity contribution in [3.63, 3.8) is 0 Å². The first-order valence-electron chi connectivity index (χ1n) is 6.41. The molecule has 0 radical (unpaired) electrons. The standard InChI is InChI=1S/C16H12N2O3/c1-17-15-8-7-12(18(20)21)10-13(15)14(16(17)19)9-11-5-3-2-4-6-11/h2-10H,1H3. The van der Waals surface area contributed by atoms with Gasteiger partial charge in [-0.1, -0.05) is 30.3 Å². The number of hydrogen-bond donors (Lipinski definition) is 0. The Kier molecular flexibility index (Phi) is 3.02. The van der Waals surface area contributed by atoms with Gasteiger partial charge in [0.25, 0.3) is 11.6 Å². The molecule has 5 nitrogen and oxygen atoms in total. The lowest BCUT2D eigenvalue weighted by Crippen LogP contribution is -2.20. The molecule has 2 aromatic rings. The molecule has 5 heteroatoms. The predicted molar refractivity (Wildman–Crippen MR) is 80.8 cm³/mol. The SMILES string of the molecule is CN1C(=O)C(=Cc2ccccc2)c2cc([N+](=O)[O-])ccc21. The van der Waals surface area contributed by atoms with Gasteiger partial charge in [-0.05, 0) is 17.7 Å². The van der Waals surface area contributed by atoms with Crippen LogP contribution in [-0.2, 0) is 4.79 Å². The molecular formula is C16H12N2O3. The van der Waals surface area contributed by atoms with Gasteiger partial charge in [0, 0.05) is 24.7 Å². The van der Waals surface area contributed by atoms with Gasteiger partial charge in [-0.25, -0.2) is 0 Å². The maximum absolute atomic E-state index is 12.3. The Bertz CT molecular complexity index is 766. The number of carbonyl (C=O) groups excluding carboxylic acids is 1. The minimum Gasteiger partial charge on any atom is -0.311 e. The summed E-state index contributed by atoms with van der Waals surface area (Å²) in [4.78, 5) is 24.3. The Hall–Kier alpha value is -2.95. The Morgan fingerprint density at radius 1 is 1.14 bits per heavy atom. The normalized spacial score (nSPS) is 15.4. The van der Waals surface area contributed by atoms with Crippen LogP contribution in [0.4, 0.5) is 11.4 Å². The number of non-ortho nitro benzene ring substituents is 1. The third-order valence-corrected chi connectivity index (χ3v) is 3.49. The minimum absolute atomic E-state index is 0.0178. The highest BCUT2D eigenvalue weighted by Crippen LogP contribution is 2.38. The second kappa shape index (κ2) is 4.86. The topological polar surface area (TPSA) is 63.5 Å². The fourth-order valence-corrected chi connectivity index (χ4v) is 2.41. The maximum Gasteiger partial charge on any atom is 0.270 e. The number of benzene rings is 2. The van der Waals surface area contributed by atoms with E-state index in [1.165, 1.54) is 17.0 Å². The number of rotatable bonds is 2. The fourth-order valence-electron chi connectivity index (χ4n) is 2.41. The van der Waals surface area contributed by atoms with Crippen molar-refractivity contribution in [2.45, 2.75) is 0 Å². The van der Waals surface area contributed by atoms with Crippen molar-refractivity contribution in [3.8, 4) is 0 Å². The van der Waals surface area contributed by atoms with Crippen molar-refractivity contribution in [2.24, 2.45) is 0 Å². The molecule has 0 bridgehead atoms. The highest BCUT2D eigenvalue weighted by Gasteiger charge is 2.31. The van der Waals surface area contributed by atoms with Crippen LogP contribution in [0.2, 0.25) is 0 Å². The van der Waals surface area contributed by atoms with E-state index in [-0.39, 0.29) is 11.6 Å². The van der Waals surface area contributed by atoms with Gasteiger partial charge in [0.05, 0.1) is 16.2 Å². The Labute approximate surface area is 121 Å².